The second-order valence-corrected chi connectivity index (χ2v) is 4.06. The topological polar surface area (TPSA) is 38.1 Å². The zero-order chi connectivity index (χ0) is 10.7. The Morgan fingerprint density at radius 2 is 2.27 bits per heavy atom. The number of halogens is 1. The Morgan fingerprint density at radius 1 is 1.40 bits per heavy atom. The van der Waals surface area contributed by atoms with Gasteiger partial charge in [-0.15, -0.1) is 0 Å². The average Bonchev–Trinajstić information content (AvgIpc) is 2.74. The average molecular weight is 267 g/mol. The van der Waals surface area contributed by atoms with Crippen molar-refractivity contribution in [3.63, 3.8) is 0 Å². The molecule has 0 amide bonds. The number of hydrogen-bond acceptors (Lipinski definition) is 3. The zero-order valence-electron chi connectivity index (χ0n) is 8.27. The fourth-order valence-electron chi connectivity index (χ4n) is 1.32. The SMILES string of the molecule is CC(Nc1ccc(Br)nc1)c1ccco1. The maximum atomic E-state index is 5.30. The Labute approximate surface area is 96.6 Å². The van der Waals surface area contributed by atoms with E-state index in [-0.39, 0.29) is 6.04 Å². The van der Waals surface area contributed by atoms with Gasteiger partial charge in [0.25, 0.3) is 0 Å². The summed E-state index contributed by atoms with van der Waals surface area (Å²) >= 11 is 3.29. The molecule has 0 bridgehead atoms. The standard InChI is InChI=1S/C11H11BrN2O/c1-8(10-3-2-6-15-10)14-9-4-5-11(12)13-7-9/h2-8,14H,1H3. The van der Waals surface area contributed by atoms with Gasteiger partial charge in [-0.25, -0.2) is 4.98 Å². The molecule has 1 atom stereocenters. The third-order valence-corrected chi connectivity index (χ3v) is 2.55. The summed E-state index contributed by atoms with van der Waals surface area (Å²) in [5.74, 6) is 0.915. The third kappa shape index (κ3) is 2.59. The summed E-state index contributed by atoms with van der Waals surface area (Å²) in [7, 11) is 0. The molecule has 1 N–H and O–H groups in total. The van der Waals surface area contributed by atoms with Crippen LogP contribution in [0.4, 0.5) is 5.69 Å². The van der Waals surface area contributed by atoms with Gasteiger partial charge in [0.05, 0.1) is 24.2 Å². The second kappa shape index (κ2) is 4.49. The summed E-state index contributed by atoms with van der Waals surface area (Å²) in [6, 6.07) is 7.84. The number of nitrogens with one attached hydrogen (secondary N) is 1. The largest absolute Gasteiger partial charge is 0.467 e. The van der Waals surface area contributed by atoms with Crippen LogP contribution in [0.3, 0.4) is 0 Å². The van der Waals surface area contributed by atoms with Crippen LogP contribution in [0.1, 0.15) is 18.7 Å². The lowest BCUT2D eigenvalue weighted by Gasteiger charge is -2.12. The molecule has 0 fully saturated rings. The fourth-order valence-corrected chi connectivity index (χ4v) is 1.55. The van der Waals surface area contributed by atoms with E-state index in [1.54, 1.807) is 12.5 Å². The first-order chi connectivity index (χ1) is 7.25. The van der Waals surface area contributed by atoms with Crippen molar-refractivity contribution >= 4 is 21.6 Å². The Bertz CT molecular complexity index is 411. The van der Waals surface area contributed by atoms with E-state index in [4.69, 9.17) is 4.42 Å². The predicted molar refractivity (Wildman–Crippen MR) is 62.7 cm³/mol. The van der Waals surface area contributed by atoms with Crippen LogP contribution in [0.2, 0.25) is 0 Å². The molecule has 0 spiro atoms. The predicted octanol–water partition coefficient (Wildman–Crippen LogP) is 3.61. The first kappa shape index (κ1) is 10.2. The van der Waals surface area contributed by atoms with Gasteiger partial charge in [0.2, 0.25) is 0 Å². The maximum Gasteiger partial charge on any atom is 0.125 e. The smallest absolute Gasteiger partial charge is 0.125 e. The summed E-state index contributed by atoms with van der Waals surface area (Å²) in [4.78, 5) is 4.14. The van der Waals surface area contributed by atoms with E-state index in [1.807, 2.05) is 31.2 Å². The molecule has 15 heavy (non-hydrogen) atoms. The number of anilines is 1. The molecular weight excluding hydrogens is 256 g/mol. The molecule has 0 saturated heterocycles. The van der Waals surface area contributed by atoms with Crippen molar-refractivity contribution in [3.8, 4) is 0 Å². The molecule has 0 saturated carbocycles. The third-order valence-electron chi connectivity index (χ3n) is 2.08. The highest BCUT2D eigenvalue weighted by atomic mass is 79.9. The van der Waals surface area contributed by atoms with Crippen molar-refractivity contribution in [1.29, 1.82) is 0 Å². The Balaban J connectivity index is 2.06. The highest BCUT2D eigenvalue weighted by Gasteiger charge is 2.07. The lowest BCUT2D eigenvalue weighted by Crippen LogP contribution is -2.05. The van der Waals surface area contributed by atoms with Crippen molar-refractivity contribution in [2.24, 2.45) is 0 Å². The van der Waals surface area contributed by atoms with E-state index in [1.165, 1.54) is 0 Å². The fraction of sp³-hybridized carbons (Fsp3) is 0.182. The summed E-state index contributed by atoms with van der Waals surface area (Å²) in [5.41, 5.74) is 0.974. The van der Waals surface area contributed by atoms with E-state index >= 15 is 0 Å². The number of aromatic nitrogens is 1. The highest BCUT2D eigenvalue weighted by molar-refractivity contribution is 9.10. The first-order valence-electron chi connectivity index (χ1n) is 4.67. The van der Waals surface area contributed by atoms with Crippen LogP contribution in [0.15, 0.2) is 45.7 Å². The number of rotatable bonds is 3. The zero-order valence-corrected chi connectivity index (χ0v) is 9.86. The highest BCUT2D eigenvalue weighted by Crippen LogP contribution is 2.19. The molecule has 2 aromatic rings. The van der Waals surface area contributed by atoms with Crippen molar-refractivity contribution in [2.75, 3.05) is 5.32 Å². The van der Waals surface area contributed by atoms with Crippen LogP contribution in [0, 0.1) is 0 Å². The number of nitrogens with zero attached hydrogens (tertiary/aromatic N) is 1. The molecule has 0 aliphatic heterocycles. The summed E-state index contributed by atoms with van der Waals surface area (Å²) < 4.78 is 6.13. The molecule has 1 unspecified atom stereocenters. The van der Waals surface area contributed by atoms with Crippen LogP contribution < -0.4 is 5.32 Å². The van der Waals surface area contributed by atoms with Gasteiger partial charge in [-0.2, -0.15) is 0 Å². The monoisotopic (exact) mass is 266 g/mol. The van der Waals surface area contributed by atoms with Gasteiger partial charge in [-0.05, 0) is 47.1 Å². The van der Waals surface area contributed by atoms with Crippen LogP contribution >= 0.6 is 15.9 Å². The second-order valence-electron chi connectivity index (χ2n) is 3.25. The summed E-state index contributed by atoms with van der Waals surface area (Å²) in [5, 5.41) is 3.29. The molecule has 78 valence electrons. The van der Waals surface area contributed by atoms with E-state index in [2.05, 4.69) is 26.2 Å². The Hall–Kier alpha value is -1.29. The van der Waals surface area contributed by atoms with Crippen molar-refractivity contribution in [3.05, 3.63) is 47.1 Å². The van der Waals surface area contributed by atoms with Gasteiger partial charge in [0.1, 0.15) is 10.4 Å². The Kier molecular flexibility index (Phi) is 3.06. The minimum Gasteiger partial charge on any atom is -0.467 e. The van der Waals surface area contributed by atoms with E-state index in [0.29, 0.717) is 0 Å². The number of hydrogen-bond donors (Lipinski definition) is 1. The van der Waals surface area contributed by atoms with Crippen LogP contribution in [-0.4, -0.2) is 4.98 Å². The minimum absolute atomic E-state index is 0.142. The van der Waals surface area contributed by atoms with Gasteiger partial charge >= 0.3 is 0 Å². The molecule has 0 radical (unpaired) electrons. The maximum absolute atomic E-state index is 5.30. The van der Waals surface area contributed by atoms with Crippen LogP contribution in [0.5, 0.6) is 0 Å². The van der Waals surface area contributed by atoms with Crippen LogP contribution in [0.25, 0.3) is 0 Å². The van der Waals surface area contributed by atoms with Crippen molar-refractivity contribution < 1.29 is 4.42 Å². The number of pyridine rings is 1. The summed E-state index contributed by atoms with van der Waals surface area (Å²) in [6.07, 6.45) is 3.46. The first-order valence-corrected chi connectivity index (χ1v) is 5.46. The molecule has 0 aliphatic carbocycles. The molecule has 0 aromatic carbocycles. The molecule has 4 heteroatoms. The quantitative estimate of drug-likeness (QED) is 0.863. The molecule has 0 aliphatic rings. The lowest BCUT2D eigenvalue weighted by atomic mass is 10.2. The molecule has 2 aromatic heterocycles. The van der Waals surface area contributed by atoms with E-state index < -0.39 is 0 Å². The van der Waals surface area contributed by atoms with Gasteiger partial charge < -0.3 is 9.73 Å². The Morgan fingerprint density at radius 3 is 2.87 bits per heavy atom. The minimum atomic E-state index is 0.142. The van der Waals surface area contributed by atoms with Gasteiger partial charge in [-0.1, -0.05) is 0 Å². The normalized spacial score (nSPS) is 12.4. The summed E-state index contributed by atoms with van der Waals surface area (Å²) in [6.45, 7) is 2.04. The van der Waals surface area contributed by atoms with E-state index in [9.17, 15) is 0 Å². The van der Waals surface area contributed by atoms with Gasteiger partial charge in [0, 0.05) is 0 Å². The lowest BCUT2D eigenvalue weighted by molar-refractivity contribution is 0.490. The molecule has 2 rings (SSSR count). The van der Waals surface area contributed by atoms with Crippen LogP contribution in [-0.2, 0) is 0 Å². The van der Waals surface area contributed by atoms with Crippen molar-refractivity contribution in [2.45, 2.75) is 13.0 Å². The number of furan rings is 1. The van der Waals surface area contributed by atoms with Gasteiger partial charge in [0.15, 0.2) is 0 Å². The molecular formula is C11H11BrN2O. The van der Waals surface area contributed by atoms with Crippen molar-refractivity contribution in [1.82, 2.24) is 4.98 Å². The molecule has 3 nitrogen and oxygen atoms in total. The van der Waals surface area contributed by atoms with Gasteiger partial charge in [-0.3, -0.25) is 0 Å². The van der Waals surface area contributed by atoms with E-state index in [0.717, 1.165) is 16.1 Å². The molecule has 2 heterocycles.